The van der Waals surface area contributed by atoms with Gasteiger partial charge in [-0.15, -0.1) is 0 Å². The number of aliphatic imine (C=N–C) groups is 4. The summed E-state index contributed by atoms with van der Waals surface area (Å²) in [5.74, 6) is 0.436. The summed E-state index contributed by atoms with van der Waals surface area (Å²) in [6, 6.07) is 0. The number of hydrogen-bond acceptors (Lipinski definition) is 2. The third-order valence-electron chi connectivity index (χ3n) is 1.20. The predicted molar refractivity (Wildman–Crippen MR) is 40.5 cm³/mol. The van der Waals surface area contributed by atoms with Crippen LogP contribution in [-0.4, -0.2) is 34.8 Å². The van der Waals surface area contributed by atoms with E-state index in [-0.39, 0.29) is 5.96 Å². The fourth-order valence-electron chi connectivity index (χ4n) is 0.737. The fourth-order valence-corrected chi connectivity index (χ4v) is 0.737. The minimum absolute atomic E-state index is 0.00185. The van der Waals surface area contributed by atoms with E-state index in [0.717, 1.165) is 0 Å². The highest BCUT2D eigenvalue weighted by Crippen LogP contribution is 1.98. The number of rotatable bonds is 0. The number of fused-ring (bicyclic) bond motifs is 1. The Labute approximate surface area is 61.4 Å². The van der Waals surface area contributed by atoms with Gasteiger partial charge < -0.3 is 10.3 Å². The second kappa shape index (κ2) is 2.03. The summed E-state index contributed by atoms with van der Waals surface area (Å²) in [6.45, 7) is 0. The molecule has 0 spiro atoms. The minimum atomic E-state index is -0.00185. The van der Waals surface area contributed by atoms with Crippen LogP contribution in [-0.2, 0) is 0 Å². The lowest BCUT2D eigenvalue weighted by atomic mass is 10.3. The van der Waals surface area contributed by atoms with Crippen LogP contribution in [0.4, 0.5) is 0 Å². The van der Waals surface area contributed by atoms with Gasteiger partial charge in [0, 0.05) is 0 Å². The second-order valence-corrected chi connectivity index (χ2v) is 1.85. The van der Waals surface area contributed by atoms with E-state index in [9.17, 15) is 0 Å². The average molecular weight is 146 g/mol. The van der Waals surface area contributed by atoms with Crippen molar-refractivity contribution in [1.82, 2.24) is 0 Å². The minimum Gasteiger partial charge on any atom is -0.542 e. The first-order valence-corrected chi connectivity index (χ1v) is 2.85. The Balaban J connectivity index is 2.53. The second-order valence-electron chi connectivity index (χ2n) is 1.85. The van der Waals surface area contributed by atoms with Crippen molar-refractivity contribution in [2.24, 2.45) is 20.0 Å². The zero-order chi connectivity index (χ0) is 7.68. The summed E-state index contributed by atoms with van der Waals surface area (Å²) < 4.78 is 0. The molecule has 11 heavy (non-hydrogen) atoms. The van der Waals surface area contributed by atoms with Crippen LogP contribution >= 0.6 is 0 Å². The molecule has 0 amide bonds. The van der Waals surface area contributed by atoms with Gasteiger partial charge in [0.25, 0.3) is 5.84 Å². The Hall–Kier alpha value is -1.94. The smallest absolute Gasteiger partial charge is 0.508 e. The zero-order valence-corrected chi connectivity index (χ0v) is 5.34. The lowest BCUT2D eigenvalue weighted by Crippen LogP contribution is -2.17. The van der Waals surface area contributed by atoms with Crippen molar-refractivity contribution in [3.8, 4) is 0 Å². The van der Waals surface area contributed by atoms with Crippen molar-refractivity contribution in [2.45, 2.75) is 0 Å². The first-order chi connectivity index (χ1) is 5.40. The van der Waals surface area contributed by atoms with Crippen LogP contribution in [0.25, 0.3) is 5.53 Å². The van der Waals surface area contributed by atoms with E-state index in [1.165, 1.54) is 12.6 Å². The van der Waals surface area contributed by atoms with Crippen LogP contribution in [0.15, 0.2) is 20.0 Å². The SMILES string of the molecule is [N-]=[N+]=C1N=CC2=NC=NC2=N1. The molecule has 0 aliphatic carbocycles. The summed E-state index contributed by atoms with van der Waals surface area (Å²) in [5, 5.41) is 0. The maximum Gasteiger partial charge on any atom is 0.508 e. The molecule has 0 unspecified atom stereocenters. The molecule has 0 radical (unpaired) electrons. The van der Waals surface area contributed by atoms with E-state index in [0.29, 0.717) is 11.5 Å². The molecule has 52 valence electrons. The van der Waals surface area contributed by atoms with Crippen LogP contribution in [0, 0.1) is 0 Å². The molecule has 0 atom stereocenters. The molecule has 6 heteroatoms. The standard InChI is InChI=1S/C5H2N6/c6-11-5-7-1-3-4(10-5)9-2-8-3/h1-2H. The Morgan fingerprint density at radius 2 is 2.27 bits per heavy atom. The van der Waals surface area contributed by atoms with E-state index in [1.54, 1.807) is 0 Å². The van der Waals surface area contributed by atoms with Gasteiger partial charge in [0.2, 0.25) is 0 Å². The van der Waals surface area contributed by atoms with Gasteiger partial charge in [-0.3, -0.25) is 0 Å². The van der Waals surface area contributed by atoms with Crippen molar-refractivity contribution < 1.29 is 4.79 Å². The lowest BCUT2D eigenvalue weighted by molar-refractivity contribution is -0.00817. The van der Waals surface area contributed by atoms with Crippen molar-refractivity contribution in [2.75, 3.05) is 0 Å². The van der Waals surface area contributed by atoms with Crippen LogP contribution in [0.2, 0.25) is 0 Å². The van der Waals surface area contributed by atoms with Gasteiger partial charge in [-0.05, 0) is 4.99 Å². The van der Waals surface area contributed by atoms with E-state index in [1.807, 2.05) is 0 Å². The highest BCUT2D eigenvalue weighted by molar-refractivity contribution is 6.67. The van der Waals surface area contributed by atoms with Gasteiger partial charge in [0.05, 0.1) is 0 Å². The normalized spacial score (nSPS) is 19.1. The molecule has 0 bridgehead atoms. The molecule has 0 fully saturated rings. The number of nitrogens with zero attached hydrogens (tertiary/aromatic N) is 6. The molecule has 0 aromatic heterocycles. The summed E-state index contributed by atoms with van der Waals surface area (Å²) in [5.41, 5.74) is 8.88. The van der Waals surface area contributed by atoms with Gasteiger partial charge in [-0.1, -0.05) is 4.99 Å². The molecular weight excluding hydrogens is 144 g/mol. The zero-order valence-electron chi connectivity index (χ0n) is 5.34. The number of amidine groups is 1. The molecule has 2 aliphatic rings. The molecule has 0 aromatic carbocycles. The summed E-state index contributed by atoms with van der Waals surface area (Å²) in [7, 11) is 0. The van der Waals surface area contributed by atoms with Gasteiger partial charge in [-0.2, -0.15) is 4.99 Å². The summed E-state index contributed by atoms with van der Waals surface area (Å²) >= 11 is 0. The molecular formula is C5H2N6. The topological polar surface area (TPSA) is 85.8 Å². The Morgan fingerprint density at radius 3 is 3.09 bits per heavy atom. The Morgan fingerprint density at radius 1 is 1.36 bits per heavy atom. The van der Waals surface area contributed by atoms with E-state index in [4.69, 9.17) is 5.53 Å². The van der Waals surface area contributed by atoms with Crippen LogP contribution in [0.5, 0.6) is 0 Å². The first-order valence-electron chi connectivity index (χ1n) is 2.85. The Bertz CT molecular complexity index is 364. The molecule has 2 aliphatic heterocycles. The third-order valence-corrected chi connectivity index (χ3v) is 1.20. The first kappa shape index (κ1) is 5.82. The highest BCUT2D eigenvalue weighted by Gasteiger charge is 2.23. The van der Waals surface area contributed by atoms with Crippen LogP contribution in [0.3, 0.4) is 0 Å². The van der Waals surface area contributed by atoms with Crippen molar-refractivity contribution in [3.63, 3.8) is 0 Å². The summed E-state index contributed by atoms with van der Waals surface area (Å²) in [4.78, 5) is 17.9. The van der Waals surface area contributed by atoms with Gasteiger partial charge in [-0.25, -0.2) is 4.99 Å². The summed E-state index contributed by atoms with van der Waals surface area (Å²) in [6.07, 6.45) is 2.82. The Kier molecular flexibility index (Phi) is 1.07. The maximum atomic E-state index is 8.29. The van der Waals surface area contributed by atoms with E-state index >= 15 is 0 Å². The third kappa shape index (κ3) is 0.815. The van der Waals surface area contributed by atoms with Crippen molar-refractivity contribution in [3.05, 3.63) is 5.53 Å². The maximum absolute atomic E-state index is 8.29. The molecule has 0 N–H and O–H groups in total. The van der Waals surface area contributed by atoms with Gasteiger partial charge in [0.15, 0.2) is 5.71 Å². The molecule has 0 aromatic rings. The lowest BCUT2D eigenvalue weighted by Gasteiger charge is -1.88. The van der Waals surface area contributed by atoms with Crippen molar-refractivity contribution in [1.29, 1.82) is 0 Å². The highest BCUT2D eigenvalue weighted by atomic mass is 15.2. The van der Waals surface area contributed by atoms with Crippen LogP contribution < -0.4 is 0 Å². The molecule has 0 saturated heterocycles. The molecule has 2 rings (SSSR count). The predicted octanol–water partition coefficient (Wildman–Crippen LogP) is -0.462. The van der Waals surface area contributed by atoms with Gasteiger partial charge >= 0.3 is 5.96 Å². The quantitative estimate of drug-likeness (QED) is 0.327. The monoisotopic (exact) mass is 146 g/mol. The average Bonchev–Trinajstić information content (AvgIpc) is 2.50. The largest absolute Gasteiger partial charge is 0.542 e. The number of guanidine groups is 1. The van der Waals surface area contributed by atoms with Gasteiger partial charge in [0.1, 0.15) is 12.6 Å². The molecule has 6 nitrogen and oxygen atoms in total. The molecule has 0 saturated carbocycles. The fraction of sp³-hybridized carbons (Fsp3) is 0. The van der Waals surface area contributed by atoms with E-state index < -0.39 is 0 Å². The van der Waals surface area contributed by atoms with Crippen LogP contribution in [0.1, 0.15) is 0 Å². The number of hydrogen-bond donors (Lipinski definition) is 0. The van der Waals surface area contributed by atoms with E-state index in [2.05, 4.69) is 24.8 Å². The molecule has 2 heterocycles. The van der Waals surface area contributed by atoms with Crippen molar-refractivity contribution >= 4 is 30.1 Å².